The van der Waals surface area contributed by atoms with Crippen LogP contribution in [-0.4, -0.2) is 29.5 Å². The Morgan fingerprint density at radius 3 is 2.34 bits per heavy atom. The van der Waals surface area contributed by atoms with Gasteiger partial charge in [0.2, 0.25) is 0 Å². The van der Waals surface area contributed by atoms with E-state index in [0.29, 0.717) is 22.8 Å². The third-order valence-corrected chi connectivity index (χ3v) is 4.26. The lowest BCUT2D eigenvalue weighted by atomic mass is 10.1. The topological polar surface area (TPSA) is 93.7 Å². The van der Waals surface area contributed by atoms with Crippen molar-refractivity contribution in [1.29, 1.82) is 0 Å². The lowest BCUT2D eigenvalue weighted by molar-refractivity contribution is -0.123. The minimum atomic E-state index is -0.602. The van der Waals surface area contributed by atoms with E-state index in [4.69, 9.17) is 33.3 Å². The van der Waals surface area contributed by atoms with Crippen LogP contribution in [0.3, 0.4) is 0 Å². The van der Waals surface area contributed by atoms with Crippen LogP contribution in [0.1, 0.15) is 22.8 Å². The van der Waals surface area contributed by atoms with Crippen LogP contribution in [0.5, 0.6) is 11.5 Å². The third-order valence-electron chi connectivity index (χ3n) is 3.80. The Morgan fingerprint density at radius 1 is 1.07 bits per heavy atom. The van der Waals surface area contributed by atoms with Crippen molar-refractivity contribution in [1.82, 2.24) is 10.6 Å². The molecule has 2 aromatic rings. The lowest BCUT2D eigenvalue weighted by Gasteiger charge is -2.16. The second kappa shape index (κ2) is 8.85. The minimum Gasteiger partial charge on any atom is -0.490 e. The zero-order valence-corrected chi connectivity index (χ0v) is 16.7. The van der Waals surface area contributed by atoms with Crippen LogP contribution in [0.25, 0.3) is 6.08 Å². The summed E-state index contributed by atoms with van der Waals surface area (Å²) in [5, 5.41) is 5.18. The highest BCUT2D eigenvalue weighted by Gasteiger charge is 2.25. The van der Waals surface area contributed by atoms with Crippen molar-refractivity contribution in [2.45, 2.75) is 6.92 Å². The number of hydrogen-bond donors (Lipinski definition) is 2. The maximum atomic E-state index is 12.3. The standard InChI is InChI=1S/C20H15ClN2O5S/c1-2-27-16-10-11(9-14-17(24)22-20(29)23-18(14)25)3-8-15(16)28-19(26)12-4-6-13(21)7-5-12/h3-10H,2H2,1H3,(H2,22,23,24,25,29). The Labute approximate surface area is 176 Å². The van der Waals surface area contributed by atoms with Gasteiger partial charge in [0.25, 0.3) is 11.8 Å². The molecule has 148 valence electrons. The predicted octanol–water partition coefficient (Wildman–Crippen LogP) is 2.87. The lowest BCUT2D eigenvalue weighted by Crippen LogP contribution is -2.51. The molecule has 7 nitrogen and oxygen atoms in total. The number of amides is 2. The fourth-order valence-electron chi connectivity index (χ4n) is 2.48. The van der Waals surface area contributed by atoms with Crippen LogP contribution in [-0.2, 0) is 9.59 Å². The van der Waals surface area contributed by atoms with Crippen molar-refractivity contribution in [3.63, 3.8) is 0 Å². The number of esters is 1. The van der Waals surface area contributed by atoms with Crippen LogP contribution < -0.4 is 20.1 Å². The number of hydrogen-bond acceptors (Lipinski definition) is 6. The Morgan fingerprint density at radius 2 is 1.72 bits per heavy atom. The average molecular weight is 431 g/mol. The summed E-state index contributed by atoms with van der Waals surface area (Å²) in [5.41, 5.74) is 0.731. The second-order valence-corrected chi connectivity index (χ2v) is 6.68. The fourth-order valence-corrected chi connectivity index (χ4v) is 2.80. The number of carbonyl (C=O) groups excluding carboxylic acids is 3. The molecule has 2 aromatic carbocycles. The van der Waals surface area contributed by atoms with Gasteiger partial charge in [0.05, 0.1) is 12.2 Å². The van der Waals surface area contributed by atoms with Gasteiger partial charge in [-0.2, -0.15) is 0 Å². The molecule has 0 unspecified atom stereocenters. The summed E-state index contributed by atoms with van der Waals surface area (Å²) in [6.45, 7) is 2.10. The maximum Gasteiger partial charge on any atom is 0.343 e. The number of ether oxygens (including phenoxy) is 2. The average Bonchev–Trinajstić information content (AvgIpc) is 2.67. The number of benzene rings is 2. The van der Waals surface area contributed by atoms with Crippen molar-refractivity contribution < 1.29 is 23.9 Å². The molecule has 2 amide bonds. The quantitative estimate of drug-likeness (QED) is 0.249. The highest BCUT2D eigenvalue weighted by Crippen LogP contribution is 2.30. The van der Waals surface area contributed by atoms with Gasteiger partial charge >= 0.3 is 5.97 Å². The summed E-state index contributed by atoms with van der Waals surface area (Å²) < 4.78 is 11.0. The molecule has 9 heteroatoms. The smallest absolute Gasteiger partial charge is 0.343 e. The number of thiocarbonyl (C=S) groups is 1. The van der Waals surface area contributed by atoms with Crippen molar-refractivity contribution in [2.75, 3.05) is 6.61 Å². The van der Waals surface area contributed by atoms with E-state index in [1.807, 2.05) is 0 Å². The van der Waals surface area contributed by atoms with Crippen LogP contribution in [0.4, 0.5) is 0 Å². The number of carbonyl (C=O) groups is 3. The van der Waals surface area contributed by atoms with Gasteiger partial charge in [0.15, 0.2) is 16.6 Å². The second-order valence-electron chi connectivity index (χ2n) is 5.83. The molecule has 0 saturated carbocycles. The highest BCUT2D eigenvalue weighted by molar-refractivity contribution is 7.80. The first-order chi connectivity index (χ1) is 13.9. The summed E-state index contributed by atoms with van der Waals surface area (Å²) >= 11 is 10.6. The molecule has 0 bridgehead atoms. The van der Waals surface area contributed by atoms with Gasteiger partial charge in [-0.25, -0.2) is 4.79 Å². The molecule has 1 aliphatic rings. The van der Waals surface area contributed by atoms with Gasteiger partial charge < -0.3 is 9.47 Å². The Kier molecular flexibility index (Phi) is 6.26. The van der Waals surface area contributed by atoms with Gasteiger partial charge in [-0.05, 0) is 67.2 Å². The summed E-state index contributed by atoms with van der Waals surface area (Å²) in [6.07, 6.45) is 1.39. The monoisotopic (exact) mass is 430 g/mol. The van der Waals surface area contributed by atoms with E-state index in [2.05, 4.69) is 10.6 Å². The van der Waals surface area contributed by atoms with E-state index in [1.165, 1.54) is 12.1 Å². The molecule has 29 heavy (non-hydrogen) atoms. The van der Waals surface area contributed by atoms with Gasteiger partial charge in [0.1, 0.15) is 5.57 Å². The van der Waals surface area contributed by atoms with E-state index in [9.17, 15) is 14.4 Å². The molecule has 0 aromatic heterocycles. The van der Waals surface area contributed by atoms with Gasteiger partial charge in [-0.15, -0.1) is 0 Å². The van der Waals surface area contributed by atoms with E-state index < -0.39 is 17.8 Å². The van der Waals surface area contributed by atoms with E-state index in [0.717, 1.165) is 0 Å². The number of halogens is 1. The normalized spacial score (nSPS) is 13.4. The van der Waals surface area contributed by atoms with Gasteiger partial charge in [-0.1, -0.05) is 17.7 Å². The minimum absolute atomic E-state index is 0.0448. The molecule has 0 radical (unpaired) electrons. The summed E-state index contributed by atoms with van der Waals surface area (Å²) in [5.74, 6) is -1.29. The molecular formula is C20H15ClN2O5S. The first-order valence-electron chi connectivity index (χ1n) is 8.50. The van der Waals surface area contributed by atoms with Crippen LogP contribution >= 0.6 is 23.8 Å². The molecule has 1 saturated heterocycles. The van der Waals surface area contributed by atoms with E-state index >= 15 is 0 Å². The molecule has 1 heterocycles. The molecule has 3 rings (SSSR count). The van der Waals surface area contributed by atoms with Crippen molar-refractivity contribution in [2.24, 2.45) is 0 Å². The van der Waals surface area contributed by atoms with Crippen LogP contribution in [0.2, 0.25) is 5.02 Å². The largest absolute Gasteiger partial charge is 0.490 e. The maximum absolute atomic E-state index is 12.3. The summed E-state index contributed by atoms with van der Waals surface area (Å²) in [4.78, 5) is 36.3. The number of rotatable bonds is 5. The van der Waals surface area contributed by atoms with Gasteiger partial charge in [0, 0.05) is 5.02 Å². The Balaban J connectivity index is 1.87. The molecule has 0 aliphatic carbocycles. The Hall–Kier alpha value is -3.23. The molecule has 1 aliphatic heterocycles. The first-order valence-corrected chi connectivity index (χ1v) is 9.29. The predicted molar refractivity (Wildman–Crippen MR) is 111 cm³/mol. The van der Waals surface area contributed by atoms with Crippen LogP contribution in [0.15, 0.2) is 48.0 Å². The SMILES string of the molecule is CCOc1cc(C=C2C(=O)NC(=S)NC2=O)ccc1OC(=O)c1ccc(Cl)cc1. The van der Waals surface area contributed by atoms with Gasteiger partial charge in [-0.3, -0.25) is 20.2 Å². The Bertz CT molecular complexity index is 1010. The van der Waals surface area contributed by atoms with Crippen LogP contribution in [0, 0.1) is 0 Å². The summed E-state index contributed by atoms with van der Waals surface area (Å²) in [7, 11) is 0. The zero-order valence-electron chi connectivity index (χ0n) is 15.2. The third kappa shape index (κ3) is 4.98. The molecule has 1 fully saturated rings. The highest BCUT2D eigenvalue weighted by atomic mass is 35.5. The molecule has 0 spiro atoms. The molecular weight excluding hydrogens is 416 g/mol. The van der Waals surface area contributed by atoms with Crippen molar-refractivity contribution >= 4 is 52.8 Å². The van der Waals surface area contributed by atoms with Crippen molar-refractivity contribution in [3.05, 3.63) is 64.2 Å². The van der Waals surface area contributed by atoms with E-state index in [1.54, 1.807) is 43.3 Å². The zero-order chi connectivity index (χ0) is 21.0. The number of nitrogens with one attached hydrogen (secondary N) is 2. The van der Waals surface area contributed by atoms with E-state index in [-0.39, 0.29) is 22.2 Å². The molecule has 2 N–H and O–H groups in total. The fraction of sp³-hybridized carbons (Fsp3) is 0.100. The first kappa shape index (κ1) is 20.5. The summed E-state index contributed by atoms with van der Waals surface area (Å²) in [6, 6.07) is 10.9. The molecule has 0 atom stereocenters. The van der Waals surface area contributed by atoms with Crippen molar-refractivity contribution in [3.8, 4) is 11.5 Å².